The molecule has 7 heteroatoms. The molecule has 114 valence electrons. The number of nitrogens with one attached hydrogen (secondary N) is 1. The van der Waals surface area contributed by atoms with Gasteiger partial charge in [-0.15, -0.1) is 0 Å². The zero-order valence-corrected chi connectivity index (χ0v) is 12.9. The molecule has 1 heterocycles. The maximum atomic E-state index is 12.4. The van der Waals surface area contributed by atoms with Crippen LogP contribution < -0.4 is 5.14 Å². The van der Waals surface area contributed by atoms with E-state index in [0.717, 1.165) is 25.7 Å². The first-order valence-electron chi connectivity index (χ1n) is 6.90. The summed E-state index contributed by atoms with van der Waals surface area (Å²) in [6.45, 7) is 5.49. The number of aromatic amines is 1. The van der Waals surface area contributed by atoms with Crippen LogP contribution in [-0.4, -0.2) is 37.3 Å². The van der Waals surface area contributed by atoms with Gasteiger partial charge >= 0.3 is 0 Å². The Morgan fingerprint density at radius 2 is 1.80 bits per heavy atom. The molecule has 0 aromatic carbocycles. The van der Waals surface area contributed by atoms with Crippen molar-refractivity contribution in [3.8, 4) is 0 Å². The molecule has 0 aliphatic carbocycles. The minimum atomic E-state index is -3.78. The number of sulfonamides is 1. The summed E-state index contributed by atoms with van der Waals surface area (Å²) in [5.41, 5.74) is 0.265. The molecule has 0 radical (unpaired) electrons. The van der Waals surface area contributed by atoms with E-state index in [1.54, 1.807) is 4.90 Å². The molecule has 0 saturated carbocycles. The van der Waals surface area contributed by atoms with Crippen LogP contribution in [0, 0.1) is 0 Å². The number of nitrogens with two attached hydrogens (primary N) is 1. The number of hydrogen-bond acceptors (Lipinski definition) is 3. The number of H-pyrrole nitrogens is 1. The molecule has 20 heavy (non-hydrogen) atoms. The Hall–Kier alpha value is -1.34. The minimum Gasteiger partial charge on any atom is -0.356 e. The molecule has 6 nitrogen and oxygen atoms in total. The van der Waals surface area contributed by atoms with Crippen molar-refractivity contribution < 1.29 is 13.2 Å². The Balaban J connectivity index is 2.85. The first-order chi connectivity index (χ1) is 9.40. The summed E-state index contributed by atoms with van der Waals surface area (Å²) < 4.78 is 22.4. The fourth-order valence-corrected chi connectivity index (χ4v) is 2.35. The summed E-state index contributed by atoms with van der Waals surface area (Å²) in [4.78, 5) is 16.7. The van der Waals surface area contributed by atoms with Crippen LogP contribution in [0.25, 0.3) is 0 Å². The molecule has 1 amide bonds. The monoisotopic (exact) mass is 301 g/mol. The number of primary sulfonamides is 1. The van der Waals surface area contributed by atoms with Gasteiger partial charge in [-0.2, -0.15) is 0 Å². The number of carbonyl (C=O) groups is 1. The molecule has 0 unspecified atom stereocenters. The molecule has 0 saturated heterocycles. The Morgan fingerprint density at radius 3 is 2.20 bits per heavy atom. The maximum absolute atomic E-state index is 12.4. The lowest BCUT2D eigenvalue weighted by Gasteiger charge is -2.21. The summed E-state index contributed by atoms with van der Waals surface area (Å²) in [5.74, 6) is -0.179. The molecule has 1 aromatic rings. The van der Waals surface area contributed by atoms with Crippen molar-refractivity contribution in [1.82, 2.24) is 9.88 Å². The number of nitrogens with zero attached hydrogens (tertiary/aromatic N) is 1. The van der Waals surface area contributed by atoms with Crippen molar-refractivity contribution in [2.45, 2.75) is 44.4 Å². The highest BCUT2D eigenvalue weighted by Crippen LogP contribution is 2.12. The minimum absolute atomic E-state index is 0.0632. The van der Waals surface area contributed by atoms with Crippen molar-refractivity contribution in [3.63, 3.8) is 0 Å². The van der Waals surface area contributed by atoms with Gasteiger partial charge in [-0.3, -0.25) is 4.79 Å². The molecule has 0 atom stereocenters. The van der Waals surface area contributed by atoms with Gasteiger partial charge in [0.15, 0.2) is 0 Å². The van der Waals surface area contributed by atoms with E-state index in [9.17, 15) is 13.2 Å². The largest absolute Gasteiger partial charge is 0.356 e. The van der Waals surface area contributed by atoms with Gasteiger partial charge in [0.05, 0.1) is 4.90 Å². The van der Waals surface area contributed by atoms with Crippen LogP contribution in [-0.2, 0) is 10.0 Å². The van der Waals surface area contributed by atoms with Gasteiger partial charge < -0.3 is 9.88 Å². The van der Waals surface area contributed by atoms with Gasteiger partial charge in [0.2, 0.25) is 10.0 Å². The van der Waals surface area contributed by atoms with Crippen molar-refractivity contribution in [2.24, 2.45) is 5.14 Å². The van der Waals surface area contributed by atoms with Gasteiger partial charge in [0.25, 0.3) is 5.91 Å². The van der Waals surface area contributed by atoms with E-state index in [1.807, 2.05) is 0 Å². The topological polar surface area (TPSA) is 96.3 Å². The third-order valence-electron chi connectivity index (χ3n) is 3.07. The second-order valence-corrected chi connectivity index (χ2v) is 6.35. The summed E-state index contributed by atoms with van der Waals surface area (Å²) in [6.07, 6.45) is 5.11. The van der Waals surface area contributed by atoms with Crippen LogP contribution >= 0.6 is 0 Å². The van der Waals surface area contributed by atoms with Gasteiger partial charge in [-0.1, -0.05) is 26.7 Å². The zero-order valence-electron chi connectivity index (χ0n) is 12.1. The Bertz CT molecular complexity index is 529. The normalized spacial score (nSPS) is 11.6. The molecular weight excluding hydrogens is 278 g/mol. The Labute approximate surface area is 120 Å². The first-order valence-corrected chi connectivity index (χ1v) is 8.45. The van der Waals surface area contributed by atoms with E-state index < -0.39 is 10.0 Å². The van der Waals surface area contributed by atoms with Crippen molar-refractivity contribution in [1.29, 1.82) is 0 Å². The fourth-order valence-electron chi connectivity index (χ4n) is 1.85. The SMILES string of the molecule is CCCCN(CCCC)C(=O)c1cc(S(N)(=O)=O)c[nH]1. The van der Waals surface area contributed by atoms with Gasteiger partial charge in [-0.05, 0) is 18.9 Å². The molecule has 0 aliphatic rings. The van der Waals surface area contributed by atoms with E-state index in [1.165, 1.54) is 12.3 Å². The fraction of sp³-hybridized carbons (Fsp3) is 0.615. The third-order valence-corrected chi connectivity index (χ3v) is 3.96. The van der Waals surface area contributed by atoms with Crippen LogP contribution in [0.1, 0.15) is 50.0 Å². The molecule has 3 N–H and O–H groups in total. The van der Waals surface area contributed by atoms with Crippen molar-refractivity contribution in [3.05, 3.63) is 18.0 Å². The van der Waals surface area contributed by atoms with Crippen LogP contribution in [0.15, 0.2) is 17.2 Å². The van der Waals surface area contributed by atoms with Crippen molar-refractivity contribution in [2.75, 3.05) is 13.1 Å². The summed E-state index contributed by atoms with van der Waals surface area (Å²) in [5, 5.41) is 5.03. The average molecular weight is 301 g/mol. The number of amides is 1. The van der Waals surface area contributed by atoms with E-state index in [0.29, 0.717) is 13.1 Å². The molecule has 0 fully saturated rings. The van der Waals surface area contributed by atoms with Gasteiger partial charge in [0.1, 0.15) is 5.69 Å². The lowest BCUT2D eigenvalue weighted by Crippen LogP contribution is -2.33. The second-order valence-electron chi connectivity index (χ2n) is 4.79. The summed E-state index contributed by atoms with van der Waals surface area (Å²) >= 11 is 0. The summed E-state index contributed by atoms with van der Waals surface area (Å²) in [7, 11) is -3.78. The predicted molar refractivity (Wildman–Crippen MR) is 77.9 cm³/mol. The molecule has 1 aromatic heterocycles. The number of rotatable bonds is 8. The van der Waals surface area contributed by atoms with E-state index >= 15 is 0 Å². The standard InChI is InChI=1S/C13H23N3O3S/c1-3-5-7-16(8-6-4-2)13(17)12-9-11(10-15-12)20(14,18)19/h9-10,15H,3-8H2,1-2H3,(H2,14,18,19). The molecule has 0 bridgehead atoms. The maximum Gasteiger partial charge on any atom is 0.270 e. The number of aromatic nitrogens is 1. The van der Waals surface area contributed by atoms with Gasteiger partial charge in [0, 0.05) is 19.3 Å². The van der Waals surface area contributed by atoms with Gasteiger partial charge in [-0.25, -0.2) is 13.6 Å². The lowest BCUT2D eigenvalue weighted by molar-refractivity contribution is 0.0746. The lowest BCUT2D eigenvalue weighted by atomic mass is 10.2. The smallest absolute Gasteiger partial charge is 0.270 e. The van der Waals surface area contributed by atoms with Crippen LogP contribution in [0.5, 0.6) is 0 Å². The Kier molecular flexibility index (Phi) is 6.22. The first kappa shape index (κ1) is 16.7. The van der Waals surface area contributed by atoms with E-state index in [2.05, 4.69) is 18.8 Å². The molecule has 1 rings (SSSR count). The quantitative estimate of drug-likeness (QED) is 0.765. The van der Waals surface area contributed by atoms with Crippen molar-refractivity contribution >= 4 is 15.9 Å². The second kappa shape index (κ2) is 7.44. The molecule has 0 spiro atoms. The predicted octanol–water partition coefficient (Wildman–Crippen LogP) is 1.70. The number of unbranched alkanes of at least 4 members (excludes halogenated alkanes) is 2. The zero-order chi connectivity index (χ0) is 15.2. The van der Waals surface area contributed by atoms with Crippen LogP contribution in [0.3, 0.4) is 0 Å². The average Bonchev–Trinajstić information content (AvgIpc) is 2.87. The van der Waals surface area contributed by atoms with E-state index in [4.69, 9.17) is 5.14 Å². The van der Waals surface area contributed by atoms with E-state index in [-0.39, 0.29) is 16.5 Å². The highest BCUT2D eigenvalue weighted by molar-refractivity contribution is 7.89. The summed E-state index contributed by atoms with van der Waals surface area (Å²) in [6, 6.07) is 1.29. The third kappa shape index (κ3) is 4.64. The van der Waals surface area contributed by atoms with Crippen LogP contribution in [0.4, 0.5) is 0 Å². The molecule has 0 aliphatic heterocycles. The Morgan fingerprint density at radius 1 is 1.25 bits per heavy atom. The highest BCUT2D eigenvalue weighted by Gasteiger charge is 2.19. The molecular formula is C13H23N3O3S. The highest BCUT2D eigenvalue weighted by atomic mass is 32.2. The number of carbonyl (C=O) groups excluding carboxylic acids is 1. The number of hydrogen-bond donors (Lipinski definition) is 2. The van der Waals surface area contributed by atoms with Crippen LogP contribution in [0.2, 0.25) is 0 Å².